The summed E-state index contributed by atoms with van der Waals surface area (Å²) in [4.78, 5) is 42.8. The quantitative estimate of drug-likeness (QED) is 0.405. The van der Waals surface area contributed by atoms with Gasteiger partial charge in [-0.25, -0.2) is 9.59 Å². The van der Waals surface area contributed by atoms with E-state index in [4.69, 9.17) is 9.84 Å². The largest absolute Gasteiger partial charge is 0.479 e. The predicted octanol–water partition coefficient (Wildman–Crippen LogP) is 0.323. The molecule has 0 fully saturated rings. The van der Waals surface area contributed by atoms with Gasteiger partial charge in [-0.3, -0.25) is 9.59 Å². The van der Waals surface area contributed by atoms with Crippen LogP contribution in [0.25, 0.3) is 0 Å². The van der Waals surface area contributed by atoms with E-state index in [9.17, 15) is 19.2 Å². The molecule has 0 aliphatic heterocycles. The van der Waals surface area contributed by atoms with Gasteiger partial charge in [0.15, 0.2) is 12.4 Å². The van der Waals surface area contributed by atoms with Gasteiger partial charge < -0.3 is 19.3 Å². The second-order valence-corrected chi connectivity index (χ2v) is 4.28. The molecule has 0 unspecified atom stereocenters. The van der Waals surface area contributed by atoms with Crippen molar-refractivity contribution in [3.8, 4) is 0 Å². The van der Waals surface area contributed by atoms with Crippen LogP contribution in [0.4, 0.5) is 0 Å². The number of carboxylic acid groups (broad SMARTS) is 1. The number of ketones is 1. The highest BCUT2D eigenvalue weighted by atomic mass is 16.6. The molecule has 8 nitrogen and oxygen atoms in total. The van der Waals surface area contributed by atoms with Crippen LogP contribution >= 0.6 is 0 Å². The highest BCUT2D eigenvalue weighted by Gasteiger charge is 2.06. The minimum Gasteiger partial charge on any atom is -0.479 e. The number of hydrogen-bond donors (Lipinski definition) is 1. The first-order valence-corrected chi connectivity index (χ1v) is 6.52. The van der Waals surface area contributed by atoms with E-state index in [2.05, 4.69) is 9.47 Å². The molecule has 0 radical (unpaired) electrons. The average Bonchev–Trinajstić information content (AvgIpc) is 2.41. The van der Waals surface area contributed by atoms with Gasteiger partial charge in [0.05, 0.1) is 0 Å². The summed E-state index contributed by atoms with van der Waals surface area (Å²) in [5.41, 5.74) is 0. The number of Topliss-reactive ketones (excluding diaryl/α,β-unsaturated/α-hetero) is 1. The number of esters is 2. The number of aliphatic carboxylic acids is 1. The van der Waals surface area contributed by atoms with Gasteiger partial charge in [0.1, 0.15) is 13.2 Å². The van der Waals surface area contributed by atoms with E-state index >= 15 is 0 Å². The van der Waals surface area contributed by atoms with Gasteiger partial charge in [0.2, 0.25) is 0 Å². The molecule has 0 bridgehead atoms. The van der Waals surface area contributed by atoms with Crippen LogP contribution in [-0.4, -0.2) is 55.2 Å². The first kappa shape index (κ1) is 19.0. The van der Waals surface area contributed by atoms with Gasteiger partial charge in [-0.1, -0.05) is 6.42 Å². The van der Waals surface area contributed by atoms with Crippen molar-refractivity contribution < 1.29 is 38.5 Å². The fraction of sp³-hybridized carbons (Fsp3) is 0.692. The fourth-order valence-corrected chi connectivity index (χ4v) is 1.24. The molecule has 8 heteroatoms. The van der Waals surface area contributed by atoms with Crippen LogP contribution in [-0.2, 0) is 33.4 Å². The van der Waals surface area contributed by atoms with Crippen molar-refractivity contribution in [3.05, 3.63) is 0 Å². The van der Waals surface area contributed by atoms with Crippen LogP contribution in [0.5, 0.6) is 0 Å². The van der Waals surface area contributed by atoms with Gasteiger partial charge >= 0.3 is 17.9 Å². The SMILES string of the molecule is CC(=O)COC(=O)CCCCCOCC(=O)OCC(=O)O. The molecule has 0 atom stereocenters. The second kappa shape index (κ2) is 11.8. The Hall–Kier alpha value is -1.96. The molecule has 0 aromatic heterocycles. The van der Waals surface area contributed by atoms with Crippen molar-refractivity contribution in [2.75, 3.05) is 26.4 Å². The minimum atomic E-state index is -1.22. The third-order valence-corrected chi connectivity index (χ3v) is 2.18. The third kappa shape index (κ3) is 14.3. The first-order valence-electron chi connectivity index (χ1n) is 6.52. The molecule has 0 heterocycles. The lowest BCUT2D eigenvalue weighted by Crippen LogP contribution is -2.17. The molecule has 1 N–H and O–H groups in total. The topological polar surface area (TPSA) is 116 Å². The molecule has 0 amide bonds. The maximum Gasteiger partial charge on any atom is 0.341 e. The van der Waals surface area contributed by atoms with Gasteiger partial charge in [-0.05, 0) is 19.8 Å². The number of hydrogen-bond acceptors (Lipinski definition) is 7. The minimum absolute atomic E-state index is 0.194. The Labute approximate surface area is 122 Å². The molecule has 0 saturated heterocycles. The molecule has 0 aromatic rings. The lowest BCUT2D eigenvalue weighted by Gasteiger charge is -2.04. The van der Waals surface area contributed by atoms with E-state index in [1.165, 1.54) is 6.92 Å². The number of carbonyl (C=O) groups is 4. The van der Waals surface area contributed by atoms with E-state index in [1.807, 2.05) is 0 Å². The summed E-state index contributed by atoms with van der Waals surface area (Å²) in [6, 6.07) is 0. The Morgan fingerprint density at radius 2 is 1.52 bits per heavy atom. The summed E-state index contributed by atoms with van der Waals surface area (Å²) in [5, 5.41) is 8.27. The Balaban J connectivity index is 3.36. The van der Waals surface area contributed by atoms with Crippen molar-refractivity contribution in [1.29, 1.82) is 0 Å². The van der Waals surface area contributed by atoms with E-state index < -0.39 is 24.5 Å². The number of carboxylic acids is 1. The zero-order chi connectivity index (χ0) is 16.1. The van der Waals surface area contributed by atoms with Crippen LogP contribution < -0.4 is 0 Å². The van der Waals surface area contributed by atoms with E-state index in [-0.39, 0.29) is 25.4 Å². The predicted molar refractivity (Wildman–Crippen MR) is 69.5 cm³/mol. The lowest BCUT2D eigenvalue weighted by atomic mass is 10.2. The monoisotopic (exact) mass is 304 g/mol. The molecule has 0 aromatic carbocycles. The van der Waals surface area contributed by atoms with E-state index in [0.717, 1.165) is 0 Å². The molecular weight excluding hydrogens is 284 g/mol. The van der Waals surface area contributed by atoms with Gasteiger partial charge in [-0.15, -0.1) is 0 Å². The van der Waals surface area contributed by atoms with Crippen molar-refractivity contribution in [3.63, 3.8) is 0 Å². The first-order chi connectivity index (χ1) is 9.91. The Bertz CT molecular complexity index is 329. The highest BCUT2D eigenvalue weighted by Crippen LogP contribution is 2.02. The van der Waals surface area contributed by atoms with E-state index in [0.29, 0.717) is 25.9 Å². The molecule has 120 valence electrons. The Morgan fingerprint density at radius 1 is 0.857 bits per heavy atom. The number of rotatable bonds is 12. The maximum absolute atomic E-state index is 11.1. The van der Waals surface area contributed by atoms with Crippen LogP contribution in [0.15, 0.2) is 0 Å². The van der Waals surface area contributed by atoms with Crippen LogP contribution in [0.3, 0.4) is 0 Å². The molecule has 21 heavy (non-hydrogen) atoms. The smallest absolute Gasteiger partial charge is 0.341 e. The summed E-state index contributed by atoms with van der Waals surface area (Å²) < 4.78 is 14.0. The lowest BCUT2D eigenvalue weighted by molar-refractivity contribution is -0.158. The van der Waals surface area contributed by atoms with Crippen molar-refractivity contribution in [2.45, 2.75) is 32.6 Å². The summed E-state index contributed by atoms with van der Waals surface area (Å²) >= 11 is 0. The van der Waals surface area contributed by atoms with Crippen LogP contribution in [0.1, 0.15) is 32.6 Å². The highest BCUT2D eigenvalue weighted by molar-refractivity contribution is 5.80. The summed E-state index contributed by atoms with van der Waals surface area (Å²) in [7, 11) is 0. The summed E-state index contributed by atoms with van der Waals surface area (Å²) in [5.74, 6) is -2.57. The van der Waals surface area contributed by atoms with Crippen molar-refractivity contribution in [2.24, 2.45) is 0 Å². The molecule has 0 spiro atoms. The Kier molecular flexibility index (Phi) is 10.7. The average molecular weight is 304 g/mol. The molecule has 0 rings (SSSR count). The van der Waals surface area contributed by atoms with Gasteiger partial charge in [0.25, 0.3) is 0 Å². The Morgan fingerprint density at radius 3 is 2.14 bits per heavy atom. The van der Waals surface area contributed by atoms with Gasteiger partial charge in [-0.2, -0.15) is 0 Å². The molecule has 0 saturated carbocycles. The van der Waals surface area contributed by atoms with Crippen molar-refractivity contribution >= 4 is 23.7 Å². The van der Waals surface area contributed by atoms with Crippen LogP contribution in [0, 0.1) is 0 Å². The molecule has 0 aliphatic carbocycles. The normalized spacial score (nSPS) is 9.95. The van der Waals surface area contributed by atoms with E-state index in [1.54, 1.807) is 0 Å². The number of unbranched alkanes of at least 4 members (excludes halogenated alkanes) is 2. The summed E-state index contributed by atoms with van der Waals surface area (Å²) in [6.45, 7) is 0.482. The van der Waals surface area contributed by atoms with Crippen molar-refractivity contribution in [1.82, 2.24) is 0 Å². The summed E-state index contributed by atoms with van der Waals surface area (Å²) in [6.07, 6.45) is 2.18. The van der Waals surface area contributed by atoms with Crippen LogP contribution in [0.2, 0.25) is 0 Å². The number of ether oxygens (including phenoxy) is 3. The zero-order valence-electron chi connectivity index (χ0n) is 12.0. The standard InChI is InChI=1S/C13H20O8/c1-10(14)7-20-12(17)5-3-2-4-6-19-9-13(18)21-8-11(15)16/h2-9H2,1H3,(H,15,16). The fourth-order valence-electron chi connectivity index (χ4n) is 1.24. The molecule has 0 aliphatic rings. The van der Waals surface area contributed by atoms with Gasteiger partial charge in [0, 0.05) is 13.0 Å². The molecular formula is C13H20O8. The second-order valence-electron chi connectivity index (χ2n) is 4.28. The maximum atomic E-state index is 11.1. The zero-order valence-corrected chi connectivity index (χ0v) is 12.0. The third-order valence-electron chi connectivity index (χ3n) is 2.18. The number of carbonyl (C=O) groups excluding carboxylic acids is 3.